The van der Waals surface area contributed by atoms with Gasteiger partial charge in [0, 0.05) is 56.7 Å². The van der Waals surface area contributed by atoms with E-state index in [0.29, 0.717) is 18.4 Å². The van der Waals surface area contributed by atoms with Gasteiger partial charge in [0.2, 0.25) is 5.91 Å². The smallest absolute Gasteiger partial charge is 0.238 e. The molecule has 3 heterocycles. The summed E-state index contributed by atoms with van der Waals surface area (Å²) >= 11 is 0. The summed E-state index contributed by atoms with van der Waals surface area (Å²) in [6, 6.07) is 8.45. The number of piperidine rings is 1. The second-order valence-corrected chi connectivity index (χ2v) is 8.21. The highest BCUT2D eigenvalue weighted by molar-refractivity contribution is 5.99. The van der Waals surface area contributed by atoms with Gasteiger partial charge in [-0.3, -0.25) is 24.4 Å². The topological polar surface area (TPSA) is 75.4 Å². The van der Waals surface area contributed by atoms with Crippen LogP contribution in [0.4, 0.5) is 5.69 Å². The third-order valence-electron chi connectivity index (χ3n) is 5.63. The van der Waals surface area contributed by atoms with Crippen molar-refractivity contribution in [1.29, 1.82) is 0 Å². The summed E-state index contributed by atoms with van der Waals surface area (Å²) in [5, 5.41) is 8.22. The van der Waals surface area contributed by atoms with Crippen LogP contribution in [-0.4, -0.2) is 58.5 Å². The molecule has 7 heteroatoms. The van der Waals surface area contributed by atoms with E-state index in [2.05, 4.69) is 50.4 Å². The number of aryl methyl sites for hydroxylation is 1. The molecule has 156 valence electrons. The van der Waals surface area contributed by atoms with E-state index in [9.17, 15) is 4.79 Å². The number of hydrogen-bond donors (Lipinski definition) is 1. The highest BCUT2D eigenvalue weighted by Gasteiger charge is 2.28. The molecule has 1 aliphatic rings. The van der Waals surface area contributed by atoms with Crippen molar-refractivity contribution in [1.82, 2.24) is 19.7 Å². The molecular formula is C23H28N6O. The minimum atomic E-state index is -0.00289. The second kappa shape index (κ2) is 8.75. The van der Waals surface area contributed by atoms with Gasteiger partial charge in [-0.1, -0.05) is 25.1 Å². The Morgan fingerprint density at radius 1 is 1.33 bits per heavy atom. The Morgan fingerprint density at radius 3 is 2.97 bits per heavy atom. The molecule has 0 spiro atoms. The van der Waals surface area contributed by atoms with Crippen LogP contribution in [-0.2, 0) is 11.8 Å². The zero-order chi connectivity index (χ0) is 21.1. The van der Waals surface area contributed by atoms with E-state index in [1.165, 1.54) is 10.9 Å². The molecule has 1 aliphatic heterocycles. The summed E-state index contributed by atoms with van der Waals surface area (Å²) in [4.78, 5) is 23.6. The van der Waals surface area contributed by atoms with Crippen LogP contribution < -0.4 is 5.32 Å². The average Bonchev–Trinajstić information content (AvgIpc) is 3.12. The average molecular weight is 405 g/mol. The molecule has 0 unspecified atom stereocenters. The van der Waals surface area contributed by atoms with Gasteiger partial charge in [0.1, 0.15) is 0 Å². The summed E-state index contributed by atoms with van der Waals surface area (Å²) in [5.41, 5.74) is 4.05. The van der Waals surface area contributed by atoms with Gasteiger partial charge in [-0.15, -0.1) is 0 Å². The fraction of sp³-hybridized carbons (Fsp3) is 0.391. The first-order chi connectivity index (χ1) is 14.5. The number of pyridine rings is 1. The number of likely N-dealkylation sites (tertiary alicyclic amines) is 1. The molecule has 3 aromatic rings. The van der Waals surface area contributed by atoms with Crippen molar-refractivity contribution < 1.29 is 4.79 Å². The predicted molar refractivity (Wildman–Crippen MR) is 120 cm³/mol. The zero-order valence-electron chi connectivity index (χ0n) is 17.7. The summed E-state index contributed by atoms with van der Waals surface area (Å²) in [6.45, 7) is 4.42. The maximum atomic E-state index is 12.6. The molecule has 30 heavy (non-hydrogen) atoms. The molecule has 2 aromatic heterocycles. The number of aromatic nitrogens is 3. The lowest BCUT2D eigenvalue weighted by molar-refractivity contribution is -0.117. The third kappa shape index (κ3) is 4.41. The van der Waals surface area contributed by atoms with Gasteiger partial charge in [-0.2, -0.15) is 5.10 Å². The fourth-order valence-electron chi connectivity index (χ4n) is 4.52. The molecule has 1 saturated heterocycles. The van der Waals surface area contributed by atoms with Crippen molar-refractivity contribution in [2.45, 2.75) is 19.3 Å². The lowest BCUT2D eigenvalue weighted by Crippen LogP contribution is -2.42. The molecule has 7 nitrogen and oxygen atoms in total. The number of nitrogens with one attached hydrogen (secondary N) is 1. The largest absolute Gasteiger partial charge is 0.322 e. The van der Waals surface area contributed by atoms with Gasteiger partial charge in [-0.05, 0) is 29.9 Å². The van der Waals surface area contributed by atoms with E-state index in [1.54, 1.807) is 24.1 Å². The molecule has 1 N–H and O–H groups in total. The van der Waals surface area contributed by atoms with Crippen LogP contribution in [0.3, 0.4) is 0 Å². The van der Waals surface area contributed by atoms with Crippen LogP contribution in [0.5, 0.6) is 0 Å². The van der Waals surface area contributed by atoms with Crippen LogP contribution in [0, 0.1) is 5.92 Å². The van der Waals surface area contributed by atoms with Crippen molar-refractivity contribution in [2.24, 2.45) is 18.0 Å². The molecular weight excluding hydrogens is 376 g/mol. The van der Waals surface area contributed by atoms with Crippen molar-refractivity contribution in [3.05, 3.63) is 54.0 Å². The number of aliphatic imine (C=N–C) groups is 1. The summed E-state index contributed by atoms with van der Waals surface area (Å²) in [6.07, 6.45) is 8.26. The minimum absolute atomic E-state index is 0.00289. The number of benzene rings is 1. The van der Waals surface area contributed by atoms with Gasteiger partial charge in [0.15, 0.2) is 0 Å². The maximum Gasteiger partial charge on any atom is 0.238 e. The van der Waals surface area contributed by atoms with E-state index in [1.807, 2.05) is 25.5 Å². The van der Waals surface area contributed by atoms with Crippen molar-refractivity contribution in [3.63, 3.8) is 0 Å². The van der Waals surface area contributed by atoms with Crippen LogP contribution in [0.25, 0.3) is 10.9 Å². The minimum Gasteiger partial charge on any atom is -0.322 e. The van der Waals surface area contributed by atoms with E-state index >= 15 is 0 Å². The Morgan fingerprint density at radius 2 is 2.20 bits per heavy atom. The Balaban J connectivity index is 1.53. The standard InChI is InChI=1S/C23H28N6O/c1-16-9-18(13-29(12-16)15-22(30)27-19-11-26-28(3)14-19)20-7-6-17(10-24-2)23-21(20)5-4-8-25-23/h4-8,10-11,14,16,18H,9,12-13,15H2,1-3H3,(H,27,30)/b24-10-/t16-,18-/m1/s1. The summed E-state index contributed by atoms with van der Waals surface area (Å²) in [7, 11) is 3.61. The van der Waals surface area contributed by atoms with E-state index in [4.69, 9.17) is 0 Å². The van der Waals surface area contributed by atoms with Crippen LogP contribution in [0.15, 0.2) is 47.8 Å². The molecule has 1 aromatic carbocycles. The van der Waals surface area contributed by atoms with Crippen molar-refractivity contribution >= 4 is 28.7 Å². The normalized spacial score (nSPS) is 20.1. The zero-order valence-corrected chi connectivity index (χ0v) is 17.7. The SMILES string of the molecule is C/N=C\c1ccc([C@@H]2C[C@@H](C)CN(CC(=O)Nc3cnn(C)c3)C2)c2cccnc12. The lowest BCUT2D eigenvalue weighted by Gasteiger charge is -2.36. The number of amides is 1. The first-order valence-corrected chi connectivity index (χ1v) is 10.3. The number of carbonyl (C=O) groups excluding carboxylic acids is 1. The molecule has 0 saturated carbocycles. The summed E-state index contributed by atoms with van der Waals surface area (Å²) in [5.74, 6) is 0.870. The quantitative estimate of drug-likeness (QED) is 0.663. The molecule has 1 amide bonds. The Hall–Kier alpha value is -3.06. The lowest BCUT2D eigenvalue weighted by atomic mass is 9.83. The van der Waals surface area contributed by atoms with Crippen molar-refractivity contribution in [3.8, 4) is 0 Å². The Kier molecular flexibility index (Phi) is 5.90. The number of nitrogens with zero attached hydrogens (tertiary/aromatic N) is 5. The Bertz CT molecular complexity index is 1070. The molecule has 0 bridgehead atoms. The van der Waals surface area contributed by atoms with Gasteiger partial charge in [0.25, 0.3) is 0 Å². The van der Waals surface area contributed by atoms with Gasteiger partial charge in [0.05, 0.1) is 23.9 Å². The highest BCUT2D eigenvalue weighted by Crippen LogP contribution is 2.34. The Labute approximate surface area is 176 Å². The van der Waals surface area contributed by atoms with Crippen LogP contribution in [0.2, 0.25) is 0 Å². The highest BCUT2D eigenvalue weighted by atomic mass is 16.2. The third-order valence-corrected chi connectivity index (χ3v) is 5.63. The first-order valence-electron chi connectivity index (χ1n) is 10.3. The van der Waals surface area contributed by atoms with Crippen LogP contribution >= 0.6 is 0 Å². The number of anilines is 1. The van der Waals surface area contributed by atoms with Gasteiger partial charge < -0.3 is 5.32 Å². The fourth-order valence-corrected chi connectivity index (χ4v) is 4.52. The van der Waals surface area contributed by atoms with E-state index in [-0.39, 0.29) is 5.91 Å². The van der Waals surface area contributed by atoms with Crippen molar-refractivity contribution in [2.75, 3.05) is 32.0 Å². The maximum absolute atomic E-state index is 12.6. The van der Waals surface area contributed by atoms with Gasteiger partial charge in [-0.25, -0.2) is 0 Å². The van der Waals surface area contributed by atoms with E-state index < -0.39 is 0 Å². The molecule has 2 atom stereocenters. The van der Waals surface area contributed by atoms with E-state index in [0.717, 1.165) is 36.3 Å². The number of rotatable bonds is 5. The summed E-state index contributed by atoms with van der Waals surface area (Å²) < 4.78 is 1.68. The van der Waals surface area contributed by atoms with Crippen LogP contribution in [0.1, 0.15) is 30.4 Å². The number of carbonyl (C=O) groups is 1. The predicted octanol–water partition coefficient (Wildman–Crippen LogP) is 3.08. The number of hydrogen-bond acceptors (Lipinski definition) is 5. The second-order valence-electron chi connectivity index (χ2n) is 8.21. The first kappa shape index (κ1) is 20.2. The molecule has 0 radical (unpaired) electrons. The molecule has 0 aliphatic carbocycles. The molecule has 4 rings (SSSR count). The number of fused-ring (bicyclic) bond motifs is 1. The van der Waals surface area contributed by atoms with Gasteiger partial charge >= 0.3 is 0 Å². The molecule has 1 fully saturated rings. The monoisotopic (exact) mass is 404 g/mol.